The van der Waals surface area contributed by atoms with Gasteiger partial charge < -0.3 is 31.5 Å². The largest absolute Gasteiger partial charge is 0.511 e. The van der Waals surface area contributed by atoms with E-state index >= 15 is 0 Å². The van der Waals surface area contributed by atoms with E-state index in [1.165, 1.54) is 0 Å². The Labute approximate surface area is 182 Å². The number of allylic oxidation sites excluding steroid dienone is 2. The van der Waals surface area contributed by atoms with E-state index in [0.29, 0.717) is 11.1 Å². The number of hydrogen-bond donors (Lipinski definition) is 6. The topological polar surface area (TPSA) is 170 Å². The van der Waals surface area contributed by atoms with Crippen molar-refractivity contribution in [1.29, 1.82) is 0 Å². The molecule has 0 unspecified atom stereocenters. The van der Waals surface area contributed by atoms with Gasteiger partial charge in [0.1, 0.15) is 29.5 Å². The molecule has 0 saturated carbocycles. The zero-order chi connectivity index (χ0) is 23.4. The van der Waals surface area contributed by atoms with Crippen LogP contribution in [0.25, 0.3) is 0 Å². The Morgan fingerprint density at radius 2 is 1.94 bits per heavy atom. The van der Waals surface area contributed by atoms with E-state index in [2.05, 4.69) is 5.32 Å². The van der Waals surface area contributed by atoms with Gasteiger partial charge in [-0.05, 0) is 24.3 Å². The van der Waals surface area contributed by atoms with Gasteiger partial charge in [-0.25, -0.2) is 4.39 Å². The van der Waals surface area contributed by atoms with Crippen LogP contribution in [0.5, 0.6) is 5.75 Å². The van der Waals surface area contributed by atoms with Crippen molar-refractivity contribution in [3.63, 3.8) is 0 Å². The zero-order valence-corrected chi connectivity index (χ0v) is 17.0. The van der Waals surface area contributed by atoms with Gasteiger partial charge in [0.25, 0.3) is 5.91 Å². The molecule has 32 heavy (non-hydrogen) atoms. The molecule has 10 heteroatoms. The molecule has 0 heterocycles. The molecule has 0 saturated heterocycles. The first kappa shape index (κ1) is 22.0. The molecule has 1 aromatic carbocycles. The molecule has 7 N–H and O–H groups in total. The molecule has 3 aliphatic rings. The maximum atomic E-state index is 13.3. The first-order valence-electron chi connectivity index (χ1n) is 10.2. The predicted molar refractivity (Wildman–Crippen MR) is 108 cm³/mol. The molecule has 0 fully saturated rings. The number of halogens is 1. The molecule has 3 aliphatic carbocycles. The third-order valence-corrected chi connectivity index (χ3v) is 6.60. The molecule has 3 atom stereocenters. The van der Waals surface area contributed by atoms with E-state index in [4.69, 9.17) is 5.73 Å². The minimum Gasteiger partial charge on any atom is -0.511 e. The lowest BCUT2D eigenvalue weighted by Crippen LogP contribution is -2.57. The number of Topliss-reactive ketones (excluding diaryl/α,β-unsaturated/α-hetero) is 2. The van der Waals surface area contributed by atoms with Crippen molar-refractivity contribution in [3.8, 4) is 5.75 Å². The van der Waals surface area contributed by atoms with E-state index in [0.717, 1.165) is 0 Å². The van der Waals surface area contributed by atoms with E-state index in [-0.39, 0.29) is 49.2 Å². The number of phenols is 1. The number of primary amides is 1. The van der Waals surface area contributed by atoms with Gasteiger partial charge in [0, 0.05) is 36.6 Å². The molecule has 0 aliphatic heterocycles. The summed E-state index contributed by atoms with van der Waals surface area (Å²) in [6, 6.07) is 3.29. The van der Waals surface area contributed by atoms with Crippen molar-refractivity contribution in [1.82, 2.24) is 5.32 Å². The van der Waals surface area contributed by atoms with Gasteiger partial charge in [-0.2, -0.15) is 0 Å². The summed E-state index contributed by atoms with van der Waals surface area (Å²) >= 11 is 0. The van der Waals surface area contributed by atoms with Crippen LogP contribution in [0.2, 0.25) is 0 Å². The molecule has 0 aromatic heterocycles. The highest BCUT2D eigenvalue weighted by atomic mass is 19.1. The van der Waals surface area contributed by atoms with Gasteiger partial charge in [0.05, 0.1) is 5.56 Å². The quantitative estimate of drug-likeness (QED) is 0.283. The zero-order valence-electron chi connectivity index (χ0n) is 17.0. The summed E-state index contributed by atoms with van der Waals surface area (Å²) in [4.78, 5) is 37.9. The van der Waals surface area contributed by atoms with Gasteiger partial charge in [-0.1, -0.05) is 12.1 Å². The summed E-state index contributed by atoms with van der Waals surface area (Å²) < 4.78 is 12.4. The molecular weight excluding hydrogens is 423 g/mol. The number of carbonyl (C=O) groups excluding carboxylic acids is 3. The first-order chi connectivity index (χ1) is 15.1. The fourth-order valence-corrected chi connectivity index (χ4v) is 5.07. The maximum absolute atomic E-state index is 13.3. The number of nitrogens with one attached hydrogen (secondary N) is 1. The third-order valence-electron chi connectivity index (χ3n) is 6.60. The van der Waals surface area contributed by atoms with Crippen molar-refractivity contribution >= 4 is 17.5 Å². The van der Waals surface area contributed by atoms with Gasteiger partial charge in [-0.3, -0.25) is 14.4 Å². The second-order valence-electron chi connectivity index (χ2n) is 8.38. The average molecular weight is 446 g/mol. The van der Waals surface area contributed by atoms with Crippen LogP contribution >= 0.6 is 0 Å². The number of aliphatic hydroxyl groups is 3. The molecule has 170 valence electrons. The number of hydrogen-bond acceptors (Lipinski definition) is 8. The second-order valence-corrected chi connectivity index (χ2v) is 8.38. The van der Waals surface area contributed by atoms with Crippen LogP contribution in [-0.4, -0.2) is 56.7 Å². The van der Waals surface area contributed by atoms with Gasteiger partial charge in [0.2, 0.25) is 5.78 Å². The molecule has 0 bridgehead atoms. The summed E-state index contributed by atoms with van der Waals surface area (Å²) in [6.45, 7) is -0.420. The van der Waals surface area contributed by atoms with Gasteiger partial charge in [0.15, 0.2) is 11.4 Å². The van der Waals surface area contributed by atoms with Crippen LogP contribution in [0.4, 0.5) is 4.39 Å². The number of amides is 1. The van der Waals surface area contributed by atoms with Crippen LogP contribution < -0.4 is 11.1 Å². The van der Waals surface area contributed by atoms with Gasteiger partial charge in [-0.15, -0.1) is 0 Å². The highest BCUT2D eigenvalue weighted by molar-refractivity contribution is 6.24. The fourth-order valence-electron chi connectivity index (χ4n) is 5.07. The monoisotopic (exact) mass is 446 g/mol. The molecule has 0 radical (unpaired) electrons. The number of benzene rings is 1. The highest BCUT2D eigenvalue weighted by Crippen LogP contribution is 2.51. The van der Waals surface area contributed by atoms with Crippen LogP contribution in [0.3, 0.4) is 0 Å². The fraction of sp³-hybridized carbons (Fsp3) is 0.409. The minimum atomic E-state index is -2.58. The standard InChI is InChI=1S/C22H23FN2O7/c23-3-4-25-8-10-2-1-9-5-11-6-12-7-13(26)16(21(24)31)20(30)22(12,32)19(29)15(11)18(28)14(9)17(10)27/h1-2,11-12,25-27,29,32H,3-8H2,(H2,24,31)/t11-,12-,22-/m0/s1. The number of rotatable bonds is 5. The Morgan fingerprint density at radius 1 is 1.22 bits per heavy atom. The number of fused-ring (bicyclic) bond motifs is 3. The van der Waals surface area contributed by atoms with Crippen molar-refractivity contribution in [2.45, 2.75) is 31.4 Å². The number of carbonyl (C=O) groups is 3. The summed E-state index contributed by atoms with van der Waals surface area (Å²) in [5.41, 5.74) is 2.41. The number of phenolic OH excluding ortho intramolecular Hbond substituents is 1. The Bertz CT molecular complexity index is 1110. The Balaban J connectivity index is 1.80. The smallest absolute Gasteiger partial charge is 0.255 e. The molecule has 4 rings (SSSR count). The van der Waals surface area contributed by atoms with Crippen molar-refractivity contribution in [2.24, 2.45) is 17.6 Å². The van der Waals surface area contributed by atoms with Crippen molar-refractivity contribution in [3.05, 3.63) is 51.5 Å². The minimum absolute atomic E-state index is 0.0545. The third kappa shape index (κ3) is 3.01. The number of alkyl halides is 1. The van der Waals surface area contributed by atoms with E-state index in [1.807, 2.05) is 0 Å². The van der Waals surface area contributed by atoms with E-state index in [9.17, 15) is 39.2 Å². The maximum Gasteiger partial charge on any atom is 0.255 e. The molecule has 0 spiro atoms. The summed E-state index contributed by atoms with van der Waals surface area (Å²) in [5, 5.41) is 45.7. The number of aliphatic hydroxyl groups excluding tert-OH is 2. The van der Waals surface area contributed by atoms with Crippen LogP contribution in [0, 0.1) is 11.8 Å². The van der Waals surface area contributed by atoms with Crippen LogP contribution in [0.15, 0.2) is 34.8 Å². The van der Waals surface area contributed by atoms with E-state index < -0.39 is 58.7 Å². The van der Waals surface area contributed by atoms with Crippen LogP contribution in [-0.2, 0) is 22.6 Å². The highest BCUT2D eigenvalue weighted by Gasteiger charge is 2.59. The van der Waals surface area contributed by atoms with E-state index in [1.54, 1.807) is 12.1 Å². The summed E-state index contributed by atoms with van der Waals surface area (Å²) in [6.07, 6.45) is 0.0729. The molecule has 9 nitrogen and oxygen atoms in total. The average Bonchev–Trinajstić information content (AvgIpc) is 2.72. The Morgan fingerprint density at radius 3 is 2.59 bits per heavy atom. The number of ketones is 2. The van der Waals surface area contributed by atoms with Gasteiger partial charge >= 0.3 is 0 Å². The van der Waals surface area contributed by atoms with Crippen molar-refractivity contribution < 1.29 is 39.2 Å². The predicted octanol–water partition coefficient (Wildman–Crippen LogP) is 0.640. The molecule has 1 amide bonds. The van der Waals surface area contributed by atoms with Crippen LogP contribution in [0.1, 0.15) is 34.3 Å². The SMILES string of the molecule is NC(=O)C1=C(O)C[C@@H]2C[C@@H]3Cc4ccc(CNCCF)c(O)c4C(=O)C3=C(O)[C@]2(O)C1=O. The normalized spacial score (nSPS) is 27.2. The van der Waals surface area contributed by atoms with Crippen molar-refractivity contribution in [2.75, 3.05) is 13.2 Å². The lowest BCUT2D eigenvalue weighted by Gasteiger charge is -2.45. The number of nitrogens with two attached hydrogens (primary N) is 1. The number of aromatic hydroxyl groups is 1. The Hall–Kier alpha value is -3.24. The lowest BCUT2D eigenvalue weighted by molar-refractivity contribution is -0.144. The second kappa shape index (κ2) is 7.72. The summed E-state index contributed by atoms with van der Waals surface area (Å²) in [7, 11) is 0. The summed E-state index contributed by atoms with van der Waals surface area (Å²) in [5.74, 6) is -6.53. The first-order valence-corrected chi connectivity index (χ1v) is 10.2. The lowest BCUT2D eigenvalue weighted by atomic mass is 9.60. The molecule has 1 aromatic rings. The molecular formula is C22H23FN2O7. The Kier molecular flexibility index (Phi) is 5.30.